The number of hydrogen-bond donors (Lipinski definition) is 1. The molecule has 7 nitrogen and oxygen atoms in total. The molecule has 0 aliphatic carbocycles. The molecule has 194 valence electrons. The Bertz CT molecular complexity index is 1300. The Morgan fingerprint density at radius 1 is 0.947 bits per heavy atom. The van der Waals surface area contributed by atoms with E-state index in [2.05, 4.69) is 21.2 Å². The molecule has 0 aromatic heterocycles. The number of hydrogen-bond acceptors (Lipinski definition) is 6. The van der Waals surface area contributed by atoms with Crippen LogP contribution in [0.4, 0.5) is 0 Å². The van der Waals surface area contributed by atoms with Crippen LogP contribution < -0.4 is 10.1 Å². The number of rotatable bonds is 9. The summed E-state index contributed by atoms with van der Waals surface area (Å²) in [5.74, 6) is -0.236. The van der Waals surface area contributed by atoms with E-state index in [-0.39, 0.29) is 18.2 Å². The number of para-hydroxylation sites is 1. The first-order chi connectivity index (χ1) is 18.6. The Labute approximate surface area is 233 Å². The maximum Gasteiger partial charge on any atom is 0.356 e. The van der Waals surface area contributed by atoms with Crippen molar-refractivity contribution in [1.29, 1.82) is 0 Å². The molecule has 0 radical (unpaired) electrons. The molecule has 2 aliphatic heterocycles. The van der Waals surface area contributed by atoms with E-state index >= 15 is 0 Å². The fraction of sp³-hybridized carbons (Fsp3) is 0.207. The van der Waals surface area contributed by atoms with Crippen LogP contribution in [0, 0.1) is 0 Å². The van der Waals surface area contributed by atoms with Gasteiger partial charge in [-0.3, -0.25) is 14.5 Å². The van der Waals surface area contributed by atoms with E-state index < -0.39 is 29.4 Å². The van der Waals surface area contributed by atoms with Gasteiger partial charge in [0.15, 0.2) is 12.7 Å². The molecule has 0 saturated carbocycles. The van der Waals surface area contributed by atoms with Gasteiger partial charge in [-0.25, -0.2) is 4.79 Å². The number of β-lactam (4-membered cyclic amide) rings is 1. The van der Waals surface area contributed by atoms with Gasteiger partial charge in [0.05, 0.1) is 0 Å². The molecule has 1 unspecified atom stereocenters. The van der Waals surface area contributed by atoms with Crippen LogP contribution in [-0.4, -0.2) is 51.8 Å². The van der Waals surface area contributed by atoms with E-state index in [0.717, 1.165) is 16.7 Å². The Balaban J connectivity index is 1.31. The first kappa shape index (κ1) is 26.1. The van der Waals surface area contributed by atoms with Crippen molar-refractivity contribution in [2.45, 2.75) is 17.5 Å². The summed E-state index contributed by atoms with van der Waals surface area (Å²) in [4.78, 5) is 40.8. The predicted molar refractivity (Wildman–Crippen MR) is 149 cm³/mol. The Morgan fingerprint density at radius 3 is 2.11 bits per heavy atom. The summed E-state index contributed by atoms with van der Waals surface area (Å²) in [6.07, 6.45) is -0.635. The molecule has 1 fully saturated rings. The number of ether oxygens (including phenoxy) is 2. The smallest absolute Gasteiger partial charge is 0.356 e. The normalized spacial score (nSPS) is 18.5. The van der Waals surface area contributed by atoms with Gasteiger partial charge in [-0.1, -0.05) is 94.8 Å². The lowest BCUT2D eigenvalue weighted by Crippen LogP contribution is -2.71. The zero-order valence-corrected chi connectivity index (χ0v) is 22.7. The van der Waals surface area contributed by atoms with Crippen LogP contribution in [0.3, 0.4) is 0 Å². The van der Waals surface area contributed by atoms with Gasteiger partial charge in [0, 0.05) is 11.1 Å². The number of nitrogens with one attached hydrogen (secondary N) is 1. The number of halogens is 1. The monoisotopic (exact) mass is 592 g/mol. The minimum Gasteiger partial charge on any atom is -0.484 e. The average molecular weight is 593 g/mol. The summed E-state index contributed by atoms with van der Waals surface area (Å²) >= 11 is 4.96. The number of thioether (sulfide) groups is 1. The highest BCUT2D eigenvalue weighted by atomic mass is 79.9. The summed E-state index contributed by atoms with van der Waals surface area (Å²) < 4.78 is 11.6. The van der Waals surface area contributed by atoms with Gasteiger partial charge in [0.25, 0.3) is 11.8 Å². The standard InChI is InChI=1S/C29H25BrN2O5S/c30-16-21-18-38-28-24(31-23(33)17-36-22-14-8-3-9-15-22)27(34)32(28)25(21)29(35)37-26(19-10-4-1-5-11-19)20-12-6-2-7-13-20/h1-15,24,26,28H,16-18H2,(H,31,33)/t24?,28-/m0/s1. The maximum absolute atomic E-state index is 13.6. The largest absolute Gasteiger partial charge is 0.484 e. The molecule has 2 atom stereocenters. The van der Waals surface area contributed by atoms with Crippen molar-refractivity contribution in [2.24, 2.45) is 0 Å². The summed E-state index contributed by atoms with van der Waals surface area (Å²) in [7, 11) is 0. The molecule has 0 bridgehead atoms. The van der Waals surface area contributed by atoms with Gasteiger partial charge in [-0.2, -0.15) is 0 Å². The first-order valence-corrected chi connectivity index (χ1v) is 14.2. The predicted octanol–water partition coefficient (Wildman–Crippen LogP) is 4.45. The SMILES string of the molecule is O=C(COc1ccccc1)NC1C(=O)N2C(C(=O)OC(c3ccccc3)c3ccccc3)=C(CBr)CS[C@@H]12. The molecule has 9 heteroatoms. The van der Waals surface area contributed by atoms with Gasteiger partial charge >= 0.3 is 5.97 Å². The van der Waals surface area contributed by atoms with Crippen molar-refractivity contribution in [3.8, 4) is 5.75 Å². The number of alkyl halides is 1. The zero-order valence-electron chi connectivity index (χ0n) is 20.3. The number of carbonyl (C=O) groups is 3. The second-order valence-electron chi connectivity index (χ2n) is 8.75. The lowest BCUT2D eigenvalue weighted by molar-refractivity contribution is -0.154. The molecule has 0 spiro atoms. The molecule has 3 aromatic carbocycles. The average Bonchev–Trinajstić information content (AvgIpc) is 2.98. The lowest BCUT2D eigenvalue weighted by Gasteiger charge is -2.49. The van der Waals surface area contributed by atoms with Gasteiger partial charge < -0.3 is 14.8 Å². The fourth-order valence-electron chi connectivity index (χ4n) is 4.40. The number of fused-ring (bicyclic) bond motifs is 1. The maximum atomic E-state index is 13.6. The molecule has 1 saturated heterocycles. The Morgan fingerprint density at radius 2 is 1.53 bits per heavy atom. The van der Waals surface area contributed by atoms with Crippen LogP contribution in [-0.2, 0) is 19.1 Å². The molecular formula is C29H25BrN2O5S. The van der Waals surface area contributed by atoms with Gasteiger partial charge in [0.2, 0.25) is 0 Å². The van der Waals surface area contributed by atoms with Crippen molar-refractivity contribution in [3.05, 3.63) is 113 Å². The number of carbonyl (C=O) groups excluding carboxylic acids is 3. The quantitative estimate of drug-likeness (QED) is 0.224. The highest BCUT2D eigenvalue weighted by Crippen LogP contribution is 2.42. The molecule has 2 amide bonds. The number of nitrogens with zero attached hydrogens (tertiary/aromatic N) is 1. The van der Waals surface area contributed by atoms with E-state index in [1.54, 1.807) is 12.1 Å². The Kier molecular flexibility index (Phi) is 8.14. The number of esters is 1. The zero-order chi connectivity index (χ0) is 26.5. The van der Waals surface area contributed by atoms with E-state index in [4.69, 9.17) is 9.47 Å². The molecular weight excluding hydrogens is 568 g/mol. The third-order valence-electron chi connectivity index (χ3n) is 6.26. The van der Waals surface area contributed by atoms with Crippen LogP contribution in [0.25, 0.3) is 0 Å². The third kappa shape index (κ3) is 5.49. The minimum atomic E-state index is -0.745. The number of amides is 2. The van der Waals surface area contributed by atoms with Crippen LogP contribution in [0.2, 0.25) is 0 Å². The highest BCUT2D eigenvalue weighted by Gasteiger charge is 2.54. The molecule has 2 heterocycles. The van der Waals surface area contributed by atoms with Crippen molar-refractivity contribution >= 4 is 45.5 Å². The van der Waals surface area contributed by atoms with Crippen LogP contribution >= 0.6 is 27.7 Å². The van der Waals surface area contributed by atoms with Gasteiger partial charge in [-0.15, -0.1) is 11.8 Å². The topological polar surface area (TPSA) is 84.9 Å². The number of benzene rings is 3. The van der Waals surface area contributed by atoms with E-state index in [0.29, 0.717) is 16.8 Å². The van der Waals surface area contributed by atoms with Crippen molar-refractivity contribution < 1.29 is 23.9 Å². The van der Waals surface area contributed by atoms with Crippen LogP contribution in [0.5, 0.6) is 5.75 Å². The van der Waals surface area contributed by atoms with Gasteiger partial charge in [-0.05, 0) is 28.8 Å². The Hall–Kier alpha value is -3.56. The van der Waals surface area contributed by atoms with Crippen molar-refractivity contribution in [3.63, 3.8) is 0 Å². The fourth-order valence-corrected chi connectivity index (χ4v) is 6.47. The van der Waals surface area contributed by atoms with E-state index in [1.807, 2.05) is 78.9 Å². The molecule has 1 N–H and O–H groups in total. The summed E-state index contributed by atoms with van der Waals surface area (Å²) in [5.41, 5.74) is 2.65. The highest BCUT2D eigenvalue weighted by molar-refractivity contribution is 9.09. The van der Waals surface area contributed by atoms with Crippen molar-refractivity contribution in [1.82, 2.24) is 10.2 Å². The van der Waals surface area contributed by atoms with E-state index in [9.17, 15) is 14.4 Å². The van der Waals surface area contributed by atoms with Crippen LogP contribution in [0.1, 0.15) is 17.2 Å². The van der Waals surface area contributed by atoms with Gasteiger partial charge in [0.1, 0.15) is 22.9 Å². The minimum absolute atomic E-state index is 0.210. The first-order valence-electron chi connectivity index (χ1n) is 12.1. The van der Waals surface area contributed by atoms with E-state index in [1.165, 1.54) is 16.7 Å². The van der Waals surface area contributed by atoms with Crippen LogP contribution in [0.15, 0.2) is 102 Å². The van der Waals surface area contributed by atoms with Crippen molar-refractivity contribution in [2.75, 3.05) is 17.7 Å². The second kappa shape index (κ2) is 11.9. The third-order valence-corrected chi connectivity index (χ3v) is 8.28. The summed E-state index contributed by atoms with van der Waals surface area (Å²) in [5, 5.41) is 2.78. The second-order valence-corrected chi connectivity index (χ2v) is 10.4. The summed E-state index contributed by atoms with van der Waals surface area (Å²) in [6, 6.07) is 27.2. The molecule has 3 aromatic rings. The summed E-state index contributed by atoms with van der Waals surface area (Å²) in [6.45, 7) is -0.210. The molecule has 38 heavy (non-hydrogen) atoms. The molecule has 5 rings (SSSR count). The lowest BCUT2D eigenvalue weighted by atomic mass is 10.0. The molecule has 2 aliphatic rings.